The van der Waals surface area contributed by atoms with Gasteiger partial charge in [-0.15, -0.1) is 0 Å². The Morgan fingerprint density at radius 1 is 1.23 bits per heavy atom. The topological polar surface area (TPSA) is 80.6 Å². The molecule has 26 heavy (non-hydrogen) atoms. The first-order chi connectivity index (χ1) is 12.5. The molecule has 0 bridgehead atoms. The van der Waals surface area contributed by atoms with Crippen molar-refractivity contribution in [3.63, 3.8) is 0 Å². The molecule has 0 spiro atoms. The first kappa shape index (κ1) is 17.8. The van der Waals surface area contributed by atoms with Crippen molar-refractivity contribution in [3.05, 3.63) is 64.5 Å². The summed E-state index contributed by atoms with van der Waals surface area (Å²) in [5, 5.41) is 0. The van der Waals surface area contributed by atoms with Crippen LogP contribution in [-0.2, 0) is 11.2 Å². The second-order valence-corrected chi connectivity index (χ2v) is 6.68. The molecule has 1 N–H and O–H groups in total. The quantitative estimate of drug-likeness (QED) is 0.740. The Labute approximate surface area is 152 Å². The third kappa shape index (κ3) is 3.79. The summed E-state index contributed by atoms with van der Waals surface area (Å²) in [6.45, 7) is 5.56. The Bertz CT molecular complexity index is 954. The van der Waals surface area contributed by atoms with Gasteiger partial charge in [0.25, 0.3) is 5.56 Å². The molecule has 0 saturated carbocycles. The molecule has 2 aromatic heterocycles. The number of nitrogens with one attached hydrogen (secondary N) is 1. The monoisotopic (exact) mass is 350 g/mol. The molecule has 0 aliphatic heterocycles. The van der Waals surface area contributed by atoms with Gasteiger partial charge in [0.1, 0.15) is 12.1 Å². The van der Waals surface area contributed by atoms with Crippen LogP contribution in [0, 0.1) is 0 Å². The van der Waals surface area contributed by atoms with Crippen LogP contribution in [0.5, 0.6) is 0 Å². The minimum Gasteiger partial charge on any atom is -0.300 e. The summed E-state index contributed by atoms with van der Waals surface area (Å²) in [5.41, 5.74) is 3.16. The van der Waals surface area contributed by atoms with Crippen LogP contribution in [0.1, 0.15) is 44.2 Å². The van der Waals surface area contributed by atoms with Gasteiger partial charge in [0.05, 0.1) is 5.69 Å². The first-order valence-electron chi connectivity index (χ1n) is 8.67. The smallest absolute Gasteiger partial charge is 0.256 e. The minimum absolute atomic E-state index is 0.0375. The van der Waals surface area contributed by atoms with Gasteiger partial charge in [-0.2, -0.15) is 0 Å². The van der Waals surface area contributed by atoms with Crippen molar-refractivity contribution >= 4 is 5.78 Å². The van der Waals surface area contributed by atoms with Gasteiger partial charge in [0.2, 0.25) is 5.95 Å². The molecule has 1 aromatic carbocycles. The van der Waals surface area contributed by atoms with E-state index in [1.807, 2.05) is 38.1 Å². The Hall–Kier alpha value is -3.02. The van der Waals surface area contributed by atoms with E-state index in [-0.39, 0.29) is 17.3 Å². The molecule has 2 heterocycles. The number of carbonyl (C=O) groups excluding carboxylic acids is 1. The summed E-state index contributed by atoms with van der Waals surface area (Å²) in [5.74, 6) is 0.653. The molecule has 0 radical (unpaired) electrons. The van der Waals surface area contributed by atoms with Crippen LogP contribution in [-0.4, -0.2) is 25.3 Å². The Balaban J connectivity index is 2.04. The van der Waals surface area contributed by atoms with E-state index in [1.54, 1.807) is 30.2 Å². The third-order valence-electron chi connectivity index (χ3n) is 4.26. The predicted molar refractivity (Wildman–Crippen MR) is 101 cm³/mol. The van der Waals surface area contributed by atoms with Gasteiger partial charge >= 0.3 is 0 Å². The summed E-state index contributed by atoms with van der Waals surface area (Å²) in [6, 6.07) is 7.89. The average Bonchev–Trinajstić information content (AvgIpc) is 3.14. The van der Waals surface area contributed by atoms with Crippen LogP contribution in [0.3, 0.4) is 0 Å². The Kier molecular flexibility index (Phi) is 5.11. The molecule has 0 saturated heterocycles. The number of aryl methyl sites for hydroxylation is 1. The maximum Gasteiger partial charge on any atom is 0.256 e. The minimum atomic E-state index is -0.144. The average molecular weight is 350 g/mol. The van der Waals surface area contributed by atoms with Gasteiger partial charge < -0.3 is 4.79 Å². The summed E-state index contributed by atoms with van der Waals surface area (Å²) in [6.07, 6.45) is 6.23. The van der Waals surface area contributed by atoms with E-state index >= 15 is 0 Å². The fraction of sp³-hybridized carbons (Fsp3) is 0.300. The second kappa shape index (κ2) is 7.47. The highest BCUT2D eigenvalue weighted by atomic mass is 16.1. The highest BCUT2D eigenvalue weighted by molar-refractivity contribution is 5.75. The number of nitrogens with zero attached hydrogens (tertiary/aromatic N) is 3. The van der Waals surface area contributed by atoms with E-state index in [9.17, 15) is 9.59 Å². The molecule has 6 heteroatoms. The zero-order chi connectivity index (χ0) is 18.7. The van der Waals surface area contributed by atoms with E-state index in [2.05, 4.69) is 15.0 Å². The fourth-order valence-electron chi connectivity index (χ4n) is 2.88. The van der Waals surface area contributed by atoms with Gasteiger partial charge in [0.15, 0.2) is 0 Å². The van der Waals surface area contributed by atoms with Crippen molar-refractivity contribution < 1.29 is 4.79 Å². The van der Waals surface area contributed by atoms with Gasteiger partial charge in [-0.3, -0.25) is 14.3 Å². The van der Waals surface area contributed by atoms with Crippen molar-refractivity contribution in [3.8, 4) is 17.2 Å². The number of hydrogen-bond acceptors (Lipinski definition) is 4. The van der Waals surface area contributed by atoms with Gasteiger partial charge in [-0.05, 0) is 24.8 Å². The van der Waals surface area contributed by atoms with Crippen LogP contribution in [0.4, 0.5) is 0 Å². The van der Waals surface area contributed by atoms with Crippen molar-refractivity contribution in [1.82, 2.24) is 19.5 Å². The maximum absolute atomic E-state index is 12.6. The van der Waals surface area contributed by atoms with Gasteiger partial charge in [-0.1, -0.05) is 38.1 Å². The number of Topliss-reactive ketones (excluding diaryl/α,β-unsaturated/α-hetero) is 1. The number of aromatic amines is 1. The number of aromatic nitrogens is 4. The summed E-state index contributed by atoms with van der Waals surface area (Å²) in [4.78, 5) is 35.3. The van der Waals surface area contributed by atoms with Gasteiger partial charge in [-0.25, -0.2) is 9.97 Å². The second-order valence-electron chi connectivity index (χ2n) is 6.68. The van der Waals surface area contributed by atoms with Crippen LogP contribution in [0.15, 0.2) is 47.8 Å². The molecule has 6 nitrogen and oxygen atoms in total. The number of hydrogen-bond donors (Lipinski definition) is 1. The van der Waals surface area contributed by atoms with E-state index in [4.69, 9.17) is 0 Å². The van der Waals surface area contributed by atoms with Crippen LogP contribution < -0.4 is 5.56 Å². The van der Waals surface area contributed by atoms with Gasteiger partial charge in [0, 0.05) is 29.9 Å². The van der Waals surface area contributed by atoms with Crippen LogP contribution in [0.2, 0.25) is 0 Å². The highest BCUT2D eigenvalue weighted by Gasteiger charge is 2.17. The lowest BCUT2D eigenvalue weighted by Crippen LogP contribution is -2.20. The largest absolute Gasteiger partial charge is 0.300 e. The number of carbonyl (C=O) groups is 1. The zero-order valence-electron chi connectivity index (χ0n) is 15.2. The number of rotatable bonds is 6. The lowest BCUT2D eigenvalue weighted by Gasteiger charge is -2.13. The number of benzene rings is 1. The summed E-state index contributed by atoms with van der Waals surface area (Å²) < 4.78 is 1.68. The Morgan fingerprint density at radius 3 is 2.54 bits per heavy atom. The first-order valence-corrected chi connectivity index (χ1v) is 8.67. The SMILES string of the molecule is CC(=O)CCc1ccc(-c2nc(-n3ccnc3)[nH]c(=O)c2C(C)C)cc1. The van der Waals surface area contributed by atoms with Crippen molar-refractivity contribution in [2.24, 2.45) is 0 Å². The van der Waals surface area contributed by atoms with Crippen LogP contribution in [0.25, 0.3) is 17.2 Å². The molecule has 0 unspecified atom stereocenters. The number of H-pyrrole nitrogens is 1. The highest BCUT2D eigenvalue weighted by Crippen LogP contribution is 2.25. The number of imidazole rings is 1. The Morgan fingerprint density at radius 2 is 1.96 bits per heavy atom. The van der Waals surface area contributed by atoms with E-state index < -0.39 is 0 Å². The standard InChI is InChI=1S/C20H22N4O2/c1-13(2)17-18(16-8-6-15(7-9-16)5-4-14(3)25)22-20(23-19(17)26)24-11-10-21-12-24/h6-13H,4-5H2,1-3H3,(H,22,23,26). The summed E-state index contributed by atoms with van der Waals surface area (Å²) >= 11 is 0. The zero-order valence-corrected chi connectivity index (χ0v) is 15.2. The fourth-order valence-corrected chi connectivity index (χ4v) is 2.88. The van der Waals surface area contributed by atoms with Crippen molar-refractivity contribution in [2.75, 3.05) is 0 Å². The molecular formula is C20H22N4O2. The normalized spacial score (nSPS) is 11.1. The number of ketones is 1. The molecule has 3 aromatic rings. The molecule has 134 valence electrons. The van der Waals surface area contributed by atoms with Crippen LogP contribution >= 0.6 is 0 Å². The van der Waals surface area contributed by atoms with Crippen molar-refractivity contribution in [1.29, 1.82) is 0 Å². The lowest BCUT2D eigenvalue weighted by molar-refractivity contribution is -0.116. The molecule has 0 aliphatic rings. The molecule has 0 atom stereocenters. The molecule has 0 amide bonds. The molecular weight excluding hydrogens is 328 g/mol. The third-order valence-corrected chi connectivity index (χ3v) is 4.26. The van der Waals surface area contributed by atoms with E-state index in [0.29, 0.717) is 23.6 Å². The molecule has 0 fully saturated rings. The van der Waals surface area contributed by atoms with Crippen molar-refractivity contribution in [2.45, 2.75) is 39.5 Å². The van der Waals surface area contributed by atoms with E-state index in [1.165, 1.54) is 0 Å². The lowest BCUT2D eigenvalue weighted by atomic mass is 9.97. The van der Waals surface area contributed by atoms with E-state index in [0.717, 1.165) is 17.5 Å². The predicted octanol–water partition coefficient (Wildman–Crippen LogP) is 3.27. The summed E-state index contributed by atoms with van der Waals surface area (Å²) in [7, 11) is 0. The molecule has 0 aliphatic carbocycles. The maximum atomic E-state index is 12.6. The molecule has 3 rings (SSSR count).